The first-order valence-electron chi connectivity index (χ1n) is 4.65. The van der Waals surface area contributed by atoms with E-state index in [1.807, 2.05) is 4.98 Å². The molecule has 2 N–H and O–H groups in total. The zero-order chi connectivity index (χ0) is 12.2. The summed E-state index contributed by atoms with van der Waals surface area (Å²) in [5, 5.41) is 8.73. The molecule has 0 radical (unpaired) electrons. The van der Waals surface area contributed by atoms with Gasteiger partial charge in [0.25, 0.3) is 5.56 Å². The van der Waals surface area contributed by atoms with Crippen molar-refractivity contribution in [3.05, 3.63) is 33.1 Å². The summed E-state index contributed by atoms with van der Waals surface area (Å²) in [7, 11) is 1.13. The van der Waals surface area contributed by atoms with Gasteiger partial charge in [-0.2, -0.15) is 0 Å². The summed E-state index contributed by atoms with van der Waals surface area (Å²) < 4.78 is 19.1. The summed E-state index contributed by atoms with van der Waals surface area (Å²) in [6.07, 6.45) is 1.07. The third-order valence-electron chi connectivity index (χ3n) is 2.22. The van der Waals surface area contributed by atoms with Gasteiger partial charge in [-0.1, -0.05) is 0 Å². The predicted octanol–water partition coefficient (Wildman–Crippen LogP) is -0.769. The van der Waals surface area contributed by atoms with E-state index in [-0.39, 0.29) is 13.0 Å². The minimum atomic E-state index is -2.17. The summed E-state index contributed by atoms with van der Waals surface area (Å²) in [5.41, 5.74) is -1.13. The number of aryl methyl sites for hydroxylation is 1. The van der Waals surface area contributed by atoms with E-state index in [1.54, 1.807) is 0 Å². The molecule has 0 aliphatic heterocycles. The highest BCUT2D eigenvalue weighted by atomic mass is 19.2. The number of ether oxygens (including phenoxy) is 1. The van der Waals surface area contributed by atoms with Gasteiger partial charge in [-0.3, -0.25) is 9.78 Å². The van der Waals surface area contributed by atoms with Gasteiger partial charge in [0.05, 0.1) is 0 Å². The van der Waals surface area contributed by atoms with Crippen molar-refractivity contribution in [2.45, 2.75) is 18.8 Å². The Morgan fingerprint density at radius 1 is 1.62 bits per heavy atom. The molecule has 1 heterocycles. The molecule has 1 atom stereocenters. The second-order valence-corrected chi connectivity index (χ2v) is 3.30. The Morgan fingerprint density at radius 3 is 2.81 bits per heavy atom. The number of nitrogens with one attached hydrogen (secondary N) is 1. The maximum atomic E-state index is 13.5. The SMILES string of the molecule is CO[C@](F)(CO)CCn1ccc(=O)[nH]c1=O. The summed E-state index contributed by atoms with van der Waals surface area (Å²) in [4.78, 5) is 24.0. The van der Waals surface area contributed by atoms with Crippen LogP contribution < -0.4 is 11.2 Å². The fourth-order valence-corrected chi connectivity index (χ4v) is 1.15. The van der Waals surface area contributed by atoms with Crippen molar-refractivity contribution >= 4 is 0 Å². The van der Waals surface area contributed by atoms with Crippen molar-refractivity contribution in [3.63, 3.8) is 0 Å². The average molecular weight is 232 g/mol. The van der Waals surface area contributed by atoms with Crippen LogP contribution in [0.2, 0.25) is 0 Å². The quantitative estimate of drug-likeness (QED) is 0.698. The zero-order valence-electron chi connectivity index (χ0n) is 8.77. The van der Waals surface area contributed by atoms with Gasteiger partial charge in [0.1, 0.15) is 6.61 Å². The number of hydrogen-bond donors (Lipinski definition) is 2. The first-order valence-corrected chi connectivity index (χ1v) is 4.65. The first-order chi connectivity index (χ1) is 7.50. The molecule has 1 aromatic heterocycles. The normalized spacial score (nSPS) is 14.7. The van der Waals surface area contributed by atoms with Gasteiger partial charge >= 0.3 is 5.69 Å². The molecule has 0 saturated heterocycles. The number of H-pyrrole nitrogens is 1. The predicted molar refractivity (Wildman–Crippen MR) is 53.9 cm³/mol. The Labute approximate surface area is 90.3 Å². The van der Waals surface area contributed by atoms with Crippen molar-refractivity contribution in [3.8, 4) is 0 Å². The number of rotatable bonds is 5. The minimum Gasteiger partial charge on any atom is -0.390 e. The van der Waals surface area contributed by atoms with Crippen LogP contribution in [-0.4, -0.2) is 34.2 Å². The van der Waals surface area contributed by atoms with E-state index in [0.717, 1.165) is 17.7 Å². The number of aliphatic hydroxyl groups excluding tert-OH is 1. The lowest BCUT2D eigenvalue weighted by Gasteiger charge is -2.21. The third-order valence-corrected chi connectivity index (χ3v) is 2.22. The van der Waals surface area contributed by atoms with Crippen molar-refractivity contribution in [2.75, 3.05) is 13.7 Å². The van der Waals surface area contributed by atoms with Gasteiger partial charge in [-0.05, 0) is 0 Å². The Bertz CT molecular complexity index is 449. The molecule has 7 heteroatoms. The van der Waals surface area contributed by atoms with E-state index in [1.165, 1.54) is 6.20 Å². The van der Waals surface area contributed by atoms with Crippen molar-refractivity contribution in [2.24, 2.45) is 0 Å². The fraction of sp³-hybridized carbons (Fsp3) is 0.556. The molecule has 0 aliphatic carbocycles. The maximum Gasteiger partial charge on any atom is 0.328 e. The number of hydrogen-bond acceptors (Lipinski definition) is 4. The molecule has 6 nitrogen and oxygen atoms in total. The van der Waals surface area contributed by atoms with Crippen LogP contribution in [0.15, 0.2) is 21.9 Å². The van der Waals surface area contributed by atoms with Crippen LogP contribution in [0.5, 0.6) is 0 Å². The molecule has 0 fully saturated rings. The van der Waals surface area contributed by atoms with Crippen LogP contribution in [0.25, 0.3) is 0 Å². The number of aliphatic hydroxyl groups is 1. The fourth-order valence-electron chi connectivity index (χ4n) is 1.15. The van der Waals surface area contributed by atoms with Crippen LogP contribution in [0, 0.1) is 0 Å². The lowest BCUT2D eigenvalue weighted by Crippen LogP contribution is -2.35. The maximum absolute atomic E-state index is 13.5. The lowest BCUT2D eigenvalue weighted by molar-refractivity contribution is -0.156. The molecule has 90 valence electrons. The van der Waals surface area contributed by atoms with E-state index in [9.17, 15) is 14.0 Å². The molecular formula is C9H13FN2O4. The number of halogens is 1. The average Bonchev–Trinajstić information content (AvgIpc) is 2.27. The number of alkyl halides is 1. The number of methoxy groups -OCH3 is 1. The molecule has 0 amide bonds. The van der Waals surface area contributed by atoms with Gasteiger partial charge in [0.15, 0.2) is 0 Å². The number of aromatic amines is 1. The lowest BCUT2D eigenvalue weighted by atomic mass is 10.2. The molecule has 0 spiro atoms. The van der Waals surface area contributed by atoms with E-state index in [4.69, 9.17) is 5.11 Å². The smallest absolute Gasteiger partial charge is 0.328 e. The summed E-state index contributed by atoms with van der Waals surface area (Å²) in [5.74, 6) is -2.17. The molecular weight excluding hydrogens is 219 g/mol. The molecule has 0 unspecified atom stereocenters. The number of aromatic nitrogens is 2. The minimum absolute atomic E-state index is 0.000509. The second-order valence-electron chi connectivity index (χ2n) is 3.30. The highest BCUT2D eigenvalue weighted by Gasteiger charge is 2.27. The molecule has 0 bridgehead atoms. The van der Waals surface area contributed by atoms with E-state index in [2.05, 4.69) is 4.74 Å². The van der Waals surface area contributed by atoms with Crippen molar-refractivity contribution < 1.29 is 14.2 Å². The molecule has 1 rings (SSSR count). The van der Waals surface area contributed by atoms with Gasteiger partial charge in [0, 0.05) is 32.3 Å². The zero-order valence-corrected chi connectivity index (χ0v) is 8.77. The summed E-state index contributed by atoms with van der Waals surface area (Å²) in [6, 6.07) is 1.16. The van der Waals surface area contributed by atoms with Crippen LogP contribution in [0.4, 0.5) is 4.39 Å². The Kier molecular flexibility index (Phi) is 3.97. The number of nitrogens with zero attached hydrogens (tertiary/aromatic N) is 1. The standard InChI is InChI=1S/C9H13FN2O4/c1-16-9(10,6-13)3-5-12-4-2-7(14)11-8(12)15/h2,4,13H,3,5-6H2,1H3,(H,11,14,15)/t9-/m0/s1. The van der Waals surface area contributed by atoms with Crippen LogP contribution in [-0.2, 0) is 11.3 Å². The van der Waals surface area contributed by atoms with Crippen LogP contribution >= 0.6 is 0 Å². The van der Waals surface area contributed by atoms with Crippen molar-refractivity contribution in [1.29, 1.82) is 0 Å². The Hall–Kier alpha value is -1.47. The molecule has 1 aromatic rings. The third kappa shape index (κ3) is 3.01. The van der Waals surface area contributed by atoms with E-state index in [0.29, 0.717) is 0 Å². The molecule has 0 saturated carbocycles. The molecule has 16 heavy (non-hydrogen) atoms. The van der Waals surface area contributed by atoms with Gasteiger partial charge in [-0.15, -0.1) is 0 Å². The van der Waals surface area contributed by atoms with Crippen LogP contribution in [0.1, 0.15) is 6.42 Å². The summed E-state index contributed by atoms with van der Waals surface area (Å²) >= 11 is 0. The highest BCUT2D eigenvalue weighted by molar-refractivity contribution is 4.83. The Balaban J connectivity index is 2.75. The van der Waals surface area contributed by atoms with Gasteiger partial charge < -0.3 is 14.4 Å². The molecule has 0 aromatic carbocycles. The Morgan fingerprint density at radius 2 is 2.31 bits per heavy atom. The van der Waals surface area contributed by atoms with Crippen LogP contribution in [0.3, 0.4) is 0 Å². The van der Waals surface area contributed by atoms with E-state index < -0.39 is 23.7 Å². The summed E-state index contributed by atoms with van der Waals surface area (Å²) in [6.45, 7) is -0.790. The topological polar surface area (TPSA) is 84.3 Å². The van der Waals surface area contributed by atoms with Gasteiger partial charge in [0.2, 0.25) is 5.85 Å². The van der Waals surface area contributed by atoms with E-state index >= 15 is 0 Å². The molecule has 0 aliphatic rings. The monoisotopic (exact) mass is 232 g/mol. The highest BCUT2D eigenvalue weighted by Crippen LogP contribution is 2.16. The second kappa shape index (κ2) is 5.04. The van der Waals surface area contributed by atoms with Gasteiger partial charge in [-0.25, -0.2) is 9.18 Å². The largest absolute Gasteiger partial charge is 0.390 e. The van der Waals surface area contributed by atoms with Crippen molar-refractivity contribution in [1.82, 2.24) is 9.55 Å². The first kappa shape index (κ1) is 12.6.